The molecule has 18 nitrogen and oxygen atoms in total. The number of fused-ring (bicyclic) bond motifs is 3. The first-order valence-electron chi connectivity index (χ1n) is 27.4. The van der Waals surface area contributed by atoms with Gasteiger partial charge in [0.25, 0.3) is 5.91 Å². The van der Waals surface area contributed by atoms with E-state index >= 15 is 0 Å². The van der Waals surface area contributed by atoms with Crippen LogP contribution in [0.5, 0.6) is 5.75 Å². The number of hydrogen-bond acceptors (Lipinski definition) is 15. The third kappa shape index (κ3) is 11.8. The summed E-state index contributed by atoms with van der Waals surface area (Å²) in [5.41, 5.74) is 8.08. The predicted molar refractivity (Wildman–Crippen MR) is 306 cm³/mol. The maximum absolute atomic E-state index is 14.0. The first-order valence-corrected chi connectivity index (χ1v) is 28.2. The monoisotopic (exact) mass is 1090 g/mol. The van der Waals surface area contributed by atoms with E-state index in [0.717, 1.165) is 107 Å². The fraction of sp³-hybridized carbons (Fsp3) is 0.400. The van der Waals surface area contributed by atoms with Crippen LogP contribution in [0.4, 0.5) is 16.6 Å². The summed E-state index contributed by atoms with van der Waals surface area (Å²) in [6, 6.07) is 29.7. The molecule has 3 saturated heterocycles. The molecule has 0 bridgehead atoms. The Kier molecular flexibility index (Phi) is 15.2. The number of para-hydroxylation sites is 1. The van der Waals surface area contributed by atoms with Crippen molar-refractivity contribution < 1.29 is 33.4 Å². The van der Waals surface area contributed by atoms with E-state index in [9.17, 15) is 24.0 Å². The van der Waals surface area contributed by atoms with Crippen LogP contribution in [-0.2, 0) is 39.1 Å². The molecule has 4 aliphatic rings. The highest BCUT2D eigenvalue weighted by molar-refractivity contribution is 7.22. The Morgan fingerprint density at radius 3 is 2.37 bits per heavy atom. The summed E-state index contributed by atoms with van der Waals surface area (Å²) in [5.74, 6) is -0.164. The van der Waals surface area contributed by atoms with Gasteiger partial charge in [-0.25, -0.2) is 14.8 Å². The van der Waals surface area contributed by atoms with Crippen molar-refractivity contribution in [1.82, 2.24) is 39.8 Å². The number of carbonyl (C=O) groups excluding carboxylic acids is 5. The maximum atomic E-state index is 14.0. The third-order valence-corrected chi connectivity index (χ3v) is 16.4. The molecule has 19 heteroatoms. The first kappa shape index (κ1) is 53.3. The van der Waals surface area contributed by atoms with Gasteiger partial charge in [-0.1, -0.05) is 41.7 Å². The number of nitrogens with zero attached hydrogens (tertiary/aromatic N) is 9. The van der Waals surface area contributed by atoms with Gasteiger partial charge in [0.15, 0.2) is 10.8 Å². The van der Waals surface area contributed by atoms with Crippen molar-refractivity contribution >= 4 is 78.7 Å². The summed E-state index contributed by atoms with van der Waals surface area (Å²) >= 11 is 1.44. The molecule has 7 aromatic rings. The van der Waals surface area contributed by atoms with Crippen molar-refractivity contribution in [3.8, 4) is 16.9 Å². The van der Waals surface area contributed by atoms with Crippen molar-refractivity contribution in [3.05, 3.63) is 125 Å². The van der Waals surface area contributed by atoms with Crippen LogP contribution in [0.1, 0.15) is 89.2 Å². The van der Waals surface area contributed by atoms with Crippen molar-refractivity contribution in [1.29, 1.82) is 0 Å². The smallest absolute Gasteiger partial charge is 0.358 e. The van der Waals surface area contributed by atoms with Crippen molar-refractivity contribution in [2.24, 2.45) is 7.05 Å². The van der Waals surface area contributed by atoms with Crippen molar-refractivity contribution in [3.63, 3.8) is 0 Å². The quantitative estimate of drug-likeness (QED) is 0.0617. The van der Waals surface area contributed by atoms with Crippen LogP contribution < -0.4 is 25.2 Å². The zero-order valence-electron chi connectivity index (χ0n) is 45.5. The van der Waals surface area contributed by atoms with Gasteiger partial charge >= 0.3 is 5.97 Å². The number of aryl methyl sites for hydroxylation is 2. The van der Waals surface area contributed by atoms with E-state index in [4.69, 9.17) is 19.6 Å². The molecule has 0 saturated carbocycles. The number of imide groups is 1. The number of amides is 4. The Morgan fingerprint density at radius 1 is 0.810 bits per heavy atom. The molecule has 7 heterocycles. The van der Waals surface area contributed by atoms with Crippen LogP contribution in [0.25, 0.3) is 32.2 Å². The fourth-order valence-electron chi connectivity index (χ4n) is 11.3. The Hall–Kier alpha value is -7.74. The van der Waals surface area contributed by atoms with Gasteiger partial charge in [0.1, 0.15) is 17.2 Å². The van der Waals surface area contributed by atoms with E-state index in [0.29, 0.717) is 86.4 Å². The molecule has 4 aromatic carbocycles. The third-order valence-electron chi connectivity index (χ3n) is 15.5. The molecule has 0 spiro atoms. The average molecular weight is 1090 g/mol. The number of piperazine rings is 2. The summed E-state index contributed by atoms with van der Waals surface area (Å²) < 4.78 is 15.0. The SMILES string of the molecule is Cc1cc(OCCCN2CCN(CC(=O)N3CCN(c4ccc5c(C6CCC(=O)NC6=O)nn(C)c5c4)CC3)CC2)ccc1-c1ccc(N2CCc3cccc(C(=O)Nc4nc5ccccc5s4)c3C2)nc1C(=O)OC(C)(C)C. The average Bonchev–Trinajstić information content (AvgIpc) is 4.23. The van der Waals surface area contributed by atoms with Crippen LogP contribution in [-0.4, -0.2) is 148 Å². The Morgan fingerprint density at radius 2 is 1.59 bits per heavy atom. The minimum atomic E-state index is -0.740. The summed E-state index contributed by atoms with van der Waals surface area (Å²) in [6.07, 6.45) is 2.32. The number of hydrogen-bond donors (Lipinski definition) is 2. The van der Waals surface area contributed by atoms with Gasteiger partial charge in [-0.3, -0.25) is 39.4 Å². The summed E-state index contributed by atoms with van der Waals surface area (Å²) in [6.45, 7) is 16.7. The maximum Gasteiger partial charge on any atom is 0.358 e. The van der Waals surface area contributed by atoms with Gasteiger partial charge in [0, 0.05) is 108 Å². The molecule has 410 valence electrons. The van der Waals surface area contributed by atoms with E-state index in [1.807, 2.05) is 112 Å². The lowest BCUT2D eigenvalue weighted by atomic mass is 9.93. The second-order valence-electron chi connectivity index (χ2n) is 22.0. The van der Waals surface area contributed by atoms with Crippen LogP contribution >= 0.6 is 11.3 Å². The van der Waals surface area contributed by atoms with E-state index in [1.54, 1.807) is 4.68 Å². The van der Waals surface area contributed by atoms with E-state index in [1.165, 1.54) is 11.3 Å². The Bertz CT molecular complexity index is 3450. The van der Waals surface area contributed by atoms with Gasteiger partial charge in [0.05, 0.1) is 40.5 Å². The number of carbonyl (C=O) groups is 5. The summed E-state index contributed by atoms with van der Waals surface area (Å²) in [4.78, 5) is 86.3. The first-order chi connectivity index (χ1) is 38.1. The van der Waals surface area contributed by atoms with Crippen molar-refractivity contribution in [2.45, 2.75) is 71.4 Å². The number of anilines is 3. The number of esters is 1. The molecule has 79 heavy (non-hydrogen) atoms. The number of aromatic nitrogens is 4. The largest absolute Gasteiger partial charge is 0.494 e. The number of piperidine rings is 1. The molecule has 4 aliphatic heterocycles. The van der Waals surface area contributed by atoms with Gasteiger partial charge in [-0.05, 0) is 130 Å². The highest BCUT2D eigenvalue weighted by Gasteiger charge is 2.33. The van der Waals surface area contributed by atoms with Gasteiger partial charge in [-0.2, -0.15) is 5.10 Å². The molecule has 2 N–H and O–H groups in total. The summed E-state index contributed by atoms with van der Waals surface area (Å²) in [5, 5.41) is 11.6. The number of benzene rings is 4. The highest BCUT2D eigenvalue weighted by atomic mass is 32.1. The highest BCUT2D eigenvalue weighted by Crippen LogP contribution is 2.36. The number of ether oxygens (including phenoxy) is 2. The number of nitrogens with one attached hydrogen (secondary N) is 2. The van der Waals surface area contributed by atoms with Gasteiger partial charge in [0.2, 0.25) is 17.7 Å². The lowest BCUT2D eigenvalue weighted by Crippen LogP contribution is -2.54. The number of rotatable bonds is 14. The molecule has 11 rings (SSSR count). The van der Waals surface area contributed by atoms with Crippen molar-refractivity contribution in [2.75, 3.05) is 93.7 Å². The standard InChI is InChI=1S/C60H67N11O7S/c1-38-34-41(77-33-9-23-67-25-27-68(28-26-67)37-53(73)70-31-29-69(30-32-70)40-14-16-45-49(35-40)66(5)65-54(45)46-19-21-52(72)63-57(46)75)15-17-42(38)43-18-20-51(62-55(43)58(76)78-60(2,3)4)71-24-22-39-10-8-11-44(47(39)36-71)56(74)64-59-61-48-12-6-7-13-50(48)79-59/h6-8,10-18,20,34-35,46H,9,19,21-33,36-37H2,1-5H3,(H,61,64,74)(H,63,72,75). The second-order valence-corrected chi connectivity index (χ2v) is 23.0. The van der Waals surface area contributed by atoms with Crippen LogP contribution in [0.15, 0.2) is 91.0 Å². The topological polar surface area (TPSA) is 188 Å². The van der Waals surface area contributed by atoms with E-state index < -0.39 is 17.5 Å². The number of pyridine rings is 1. The zero-order chi connectivity index (χ0) is 55.0. The second kappa shape index (κ2) is 22.5. The molecule has 3 fully saturated rings. The Balaban J connectivity index is 0.651. The Labute approximate surface area is 463 Å². The van der Waals surface area contributed by atoms with Crippen LogP contribution in [0.3, 0.4) is 0 Å². The van der Waals surface area contributed by atoms with Crippen LogP contribution in [0.2, 0.25) is 0 Å². The molecular formula is C60H67N11O7S. The predicted octanol–water partition coefficient (Wildman–Crippen LogP) is 7.58. The molecule has 3 aromatic heterocycles. The minimum Gasteiger partial charge on any atom is -0.494 e. The molecule has 4 amide bonds. The molecule has 1 unspecified atom stereocenters. The molecule has 1 atom stereocenters. The molecule has 0 aliphatic carbocycles. The van der Waals surface area contributed by atoms with Gasteiger partial charge in [-0.15, -0.1) is 0 Å². The zero-order valence-corrected chi connectivity index (χ0v) is 46.4. The molecule has 0 radical (unpaired) electrons. The van der Waals surface area contributed by atoms with E-state index in [2.05, 4.69) is 53.4 Å². The van der Waals surface area contributed by atoms with Gasteiger partial charge < -0.3 is 29.1 Å². The lowest BCUT2D eigenvalue weighted by molar-refractivity contribution is -0.135. The minimum absolute atomic E-state index is 0.164. The number of thiazole rings is 1. The normalized spacial score (nSPS) is 17.5. The lowest BCUT2D eigenvalue weighted by Gasteiger charge is -2.38. The van der Waals surface area contributed by atoms with Crippen LogP contribution in [0, 0.1) is 6.92 Å². The van der Waals surface area contributed by atoms with E-state index in [-0.39, 0.29) is 29.3 Å². The molecular weight excluding hydrogens is 1020 g/mol. The fourth-order valence-corrected chi connectivity index (χ4v) is 12.1. The summed E-state index contributed by atoms with van der Waals surface area (Å²) in [7, 11) is 1.88.